The second-order valence-corrected chi connectivity index (χ2v) is 7.81. The maximum atomic E-state index is 9.82. The minimum absolute atomic E-state index is 0.00472. The molecule has 1 aliphatic heterocycles. The number of ether oxygens (including phenoxy) is 3. The first-order chi connectivity index (χ1) is 15.0. The number of nitrogens with zero attached hydrogens (tertiary/aromatic N) is 1. The Morgan fingerprint density at radius 1 is 1.16 bits per heavy atom. The Morgan fingerprint density at radius 3 is 2.65 bits per heavy atom. The average molecular weight is 479 g/mol. The number of allylic oxidation sites excluding steroid dienone is 1. The molecule has 0 amide bonds. The number of aromatic hydroxyl groups is 1. The number of nitrogens with two attached hydrogens (primary N) is 1. The van der Waals surface area contributed by atoms with Crippen molar-refractivity contribution < 1.29 is 19.3 Å². The molecule has 0 saturated carbocycles. The van der Waals surface area contributed by atoms with E-state index < -0.39 is 5.92 Å². The lowest BCUT2D eigenvalue weighted by molar-refractivity contribution is 0.282. The topological polar surface area (TPSA) is 97.7 Å². The lowest BCUT2D eigenvalue weighted by Crippen LogP contribution is -2.21. The lowest BCUT2D eigenvalue weighted by atomic mass is 9.83. The van der Waals surface area contributed by atoms with Gasteiger partial charge in [0, 0.05) is 11.6 Å². The van der Waals surface area contributed by atoms with E-state index in [-0.39, 0.29) is 17.2 Å². The summed E-state index contributed by atoms with van der Waals surface area (Å²) in [5.74, 6) is 1.05. The fraction of sp³-hybridized carbons (Fsp3) is 0.125. The monoisotopic (exact) mass is 478 g/mol. The largest absolute Gasteiger partial charge is 0.508 e. The zero-order valence-corrected chi connectivity index (χ0v) is 18.2. The van der Waals surface area contributed by atoms with Gasteiger partial charge in [-0.15, -0.1) is 0 Å². The lowest BCUT2D eigenvalue weighted by Gasteiger charge is -2.27. The second-order valence-electron chi connectivity index (χ2n) is 6.96. The number of hydrogen-bond acceptors (Lipinski definition) is 6. The fourth-order valence-electron chi connectivity index (χ4n) is 3.56. The van der Waals surface area contributed by atoms with Gasteiger partial charge in [0.2, 0.25) is 5.88 Å². The number of phenolic OH excluding ortho intramolecular Hbond substituents is 1. The molecule has 7 heteroatoms. The SMILES string of the molecule is COc1cc([C@@H]2C(C#N)=C(N)Oc3cc(O)ccc32)cc(Br)c1OCc1ccccc1. The normalized spacial score (nSPS) is 14.9. The quantitative estimate of drug-likeness (QED) is 0.537. The molecule has 3 N–H and O–H groups in total. The number of hydrogen-bond donors (Lipinski definition) is 2. The van der Waals surface area contributed by atoms with Gasteiger partial charge in [-0.05, 0) is 45.3 Å². The zero-order valence-electron chi connectivity index (χ0n) is 16.6. The Kier molecular flexibility index (Phi) is 5.74. The predicted octanol–water partition coefficient (Wildman–Crippen LogP) is 4.96. The molecule has 3 aromatic rings. The summed E-state index contributed by atoms with van der Waals surface area (Å²) in [5, 5.41) is 19.6. The summed E-state index contributed by atoms with van der Waals surface area (Å²) in [6.07, 6.45) is 0. The van der Waals surface area contributed by atoms with Gasteiger partial charge in [-0.25, -0.2) is 0 Å². The highest BCUT2D eigenvalue weighted by molar-refractivity contribution is 9.10. The molecule has 1 aliphatic rings. The molecule has 4 rings (SSSR count). The molecule has 3 aromatic carbocycles. The molecule has 0 aliphatic carbocycles. The van der Waals surface area contributed by atoms with Gasteiger partial charge in [-0.3, -0.25) is 0 Å². The van der Waals surface area contributed by atoms with Gasteiger partial charge < -0.3 is 25.1 Å². The van der Waals surface area contributed by atoms with Crippen molar-refractivity contribution in [3.05, 3.63) is 93.3 Å². The minimum Gasteiger partial charge on any atom is -0.508 e. The standard InChI is InChI=1S/C24H19BrN2O4/c1-29-21-10-15(9-19(25)23(21)30-13-14-5-3-2-4-6-14)22-17-8-7-16(28)11-20(17)31-24(27)18(22)12-26/h2-11,22,28H,13,27H2,1H3/t22-/m0/s1. The van der Waals surface area contributed by atoms with Crippen LogP contribution >= 0.6 is 15.9 Å². The highest BCUT2D eigenvalue weighted by atomic mass is 79.9. The van der Waals surface area contributed by atoms with Crippen molar-refractivity contribution in [3.63, 3.8) is 0 Å². The predicted molar refractivity (Wildman–Crippen MR) is 119 cm³/mol. The molecule has 31 heavy (non-hydrogen) atoms. The van der Waals surface area contributed by atoms with E-state index in [9.17, 15) is 10.4 Å². The second kappa shape index (κ2) is 8.62. The van der Waals surface area contributed by atoms with Gasteiger partial charge in [-0.1, -0.05) is 36.4 Å². The molecule has 0 aromatic heterocycles. The molecule has 0 bridgehead atoms. The van der Waals surface area contributed by atoms with Crippen molar-refractivity contribution in [1.82, 2.24) is 0 Å². The number of fused-ring (bicyclic) bond motifs is 1. The summed E-state index contributed by atoms with van der Waals surface area (Å²) >= 11 is 3.58. The van der Waals surface area contributed by atoms with Crippen LogP contribution in [-0.2, 0) is 6.61 Å². The third kappa shape index (κ3) is 4.03. The van der Waals surface area contributed by atoms with Gasteiger partial charge in [0.1, 0.15) is 29.7 Å². The summed E-state index contributed by atoms with van der Waals surface area (Å²) < 4.78 is 17.9. The van der Waals surface area contributed by atoms with Crippen LogP contribution in [0.4, 0.5) is 0 Å². The van der Waals surface area contributed by atoms with Crippen LogP contribution < -0.4 is 19.9 Å². The number of rotatable bonds is 5. The number of benzene rings is 3. The zero-order chi connectivity index (χ0) is 22.0. The van der Waals surface area contributed by atoms with Crippen LogP contribution in [-0.4, -0.2) is 12.2 Å². The first-order valence-electron chi connectivity index (χ1n) is 9.46. The minimum atomic E-state index is -0.484. The molecule has 0 spiro atoms. The van der Waals surface area contributed by atoms with Gasteiger partial charge in [0.25, 0.3) is 0 Å². The van der Waals surface area contributed by atoms with Crippen molar-refractivity contribution in [1.29, 1.82) is 5.26 Å². The Bertz CT molecular complexity index is 1200. The van der Waals surface area contributed by atoms with E-state index in [0.29, 0.717) is 28.3 Å². The summed E-state index contributed by atoms with van der Waals surface area (Å²) in [7, 11) is 1.56. The van der Waals surface area contributed by atoms with E-state index >= 15 is 0 Å². The number of phenols is 1. The highest BCUT2D eigenvalue weighted by Gasteiger charge is 2.32. The molecule has 1 heterocycles. The highest BCUT2D eigenvalue weighted by Crippen LogP contribution is 2.47. The Balaban J connectivity index is 1.76. The molecule has 1 atom stereocenters. The van der Waals surface area contributed by atoms with Crippen molar-refractivity contribution in [2.75, 3.05) is 7.11 Å². The Morgan fingerprint density at radius 2 is 1.94 bits per heavy atom. The van der Waals surface area contributed by atoms with Crippen LogP contribution in [0, 0.1) is 11.3 Å². The maximum absolute atomic E-state index is 9.82. The first kappa shape index (κ1) is 20.6. The molecule has 0 unspecified atom stereocenters. The van der Waals surface area contributed by atoms with Crippen molar-refractivity contribution >= 4 is 15.9 Å². The van der Waals surface area contributed by atoms with Crippen molar-refractivity contribution in [2.45, 2.75) is 12.5 Å². The van der Waals surface area contributed by atoms with E-state index in [0.717, 1.165) is 16.7 Å². The summed E-state index contributed by atoms with van der Waals surface area (Å²) in [6, 6.07) is 20.4. The van der Waals surface area contributed by atoms with Crippen LogP contribution in [0.1, 0.15) is 22.6 Å². The van der Waals surface area contributed by atoms with Gasteiger partial charge in [0.05, 0.1) is 17.5 Å². The number of halogens is 1. The third-order valence-corrected chi connectivity index (χ3v) is 5.60. The van der Waals surface area contributed by atoms with Gasteiger partial charge >= 0.3 is 0 Å². The number of nitriles is 1. The van der Waals surface area contributed by atoms with E-state index in [1.54, 1.807) is 19.2 Å². The first-order valence-corrected chi connectivity index (χ1v) is 10.3. The molecule has 0 fully saturated rings. The molecule has 0 radical (unpaired) electrons. The summed E-state index contributed by atoms with van der Waals surface area (Å²) in [5.41, 5.74) is 8.82. The Hall–Kier alpha value is -3.63. The summed E-state index contributed by atoms with van der Waals surface area (Å²) in [4.78, 5) is 0. The molecular formula is C24H19BrN2O4. The molecular weight excluding hydrogens is 460 g/mol. The summed E-state index contributed by atoms with van der Waals surface area (Å²) in [6.45, 7) is 0.380. The molecule has 0 saturated heterocycles. The van der Waals surface area contributed by atoms with E-state index in [1.807, 2.05) is 42.5 Å². The fourth-order valence-corrected chi connectivity index (χ4v) is 4.14. The van der Waals surface area contributed by atoms with Gasteiger partial charge in [-0.2, -0.15) is 5.26 Å². The van der Waals surface area contributed by atoms with E-state index in [1.165, 1.54) is 6.07 Å². The average Bonchev–Trinajstić information content (AvgIpc) is 2.77. The van der Waals surface area contributed by atoms with Crippen molar-refractivity contribution in [2.24, 2.45) is 5.73 Å². The Labute approximate surface area is 188 Å². The third-order valence-electron chi connectivity index (χ3n) is 5.01. The van der Waals surface area contributed by atoms with Crippen LogP contribution in [0.25, 0.3) is 0 Å². The van der Waals surface area contributed by atoms with Crippen molar-refractivity contribution in [3.8, 4) is 29.1 Å². The smallest absolute Gasteiger partial charge is 0.205 e. The van der Waals surface area contributed by atoms with E-state index in [2.05, 4.69) is 22.0 Å². The van der Waals surface area contributed by atoms with Crippen LogP contribution in [0.2, 0.25) is 0 Å². The molecule has 156 valence electrons. The van der Waals surface area contributed by atoms with Crippen LogP contribution in [0.5, 0.6) is 23.0 Å². The van der Waals surface area contributed by atoms with Gasteiger partial charge in [0.15, 0.2) is 11.5 Å². The number of methoxy groups -OCH3 is 1. The van der Waals surface area contributed by atoms with Crippen LogP contribution in [0.15, 0.2) is 76.6 Å². The van der Waals surface area contributed by atoms with E-state index in [4.69, 9.17) is 19.9 Å². The maximum Gasteiger partial charge on any atom is 0.205 e. The molecule has 6 nitrogen and oxygen atoms in total. The van der Waals surface area contributed by atoms with Crippen LogP contribution in [0.3, 0.4) is 0 Å².